The molecule has 0 saturated carbocycles. The number of hydrogen-bond donors (Lipinski definition) is 2. The first kappa shape index (κ1) is 13.0. The van der Waals surface area contributed by atoms with Crippen LogP contribution >= 0.6 is 0 Å². The van der Waals surface area contributed by atoms with Crippen molar-refractivity contribution in [2.24, 2.45) is 5.73 Å². The molecule has 2 atom stereocenters. The SMILES string of the molecule is C=C(C)[C@@H]1C(CO)OC(=O)N1CCCCN. The summed E-state index contributed by atoms with van der Waals surface area (Å²) in [6.45, 7) is 6.72. The van der Waals surface area contributed by atoms with Crippen LogP contribution in [0.4, 0.5) is 4.79 Å². The van der Waals surface area contributed by atoms with Gasteiger partial charge in [0.1, 0.15) is 0 Å². The molecule has 3 N–H and O–H groups in total. The van der Waals surface area contributed by atoms with Crippen LogP contribution in [0, 0.1) is 0 Å². The molecular formula is C11H20N2O3. The minimum Gasteiger partial charge on any atom is -0.441 e. The van der Waals surface area contributed by atoms with Crippen LogP contribution in [0.5, 0.6) is 0 Å². The largest absolute Gasteiger partial charge is 0.441 e. The molecule has 1 amide bonds. The summed E-state index contributed by atoms with van der Waals surface area (Å²) in [5.74, 6) is 0. The van der Waals surface area contributed by atoms with E-state index in [0.29, 0.717) is 13.1 Å². The zero-order valence-electron chi connectivity index (χ0n) is 9.69. The number of carbonyl (C=O) groups is 1. The second-order valence-corrected chi connectivity index (χ2v) is 4.09. The number of aliphatic hydroxyl groups excluding tert-OH is 1. The van der Waals surface area contributed by atoms with Crippen molar-refractivity contribution in [1.82, 2.24) is 4.90 Å². The lowest BCUT2D eigenvalue weighted by molar-refractivity contribution is 0.0874. The summed E-state index contributed by atoms with van der Waals surface area (Å²) in [5.41, 5.74) is 6.23. The fourth-order valence-electron chi connectivity index (χ4n) is 1.95. The summed E-state index contributed by atoms with van der Waals surface area (Å²) in [4.78, 5) is 13.2. The van der Waals surface area contributed by atoms with Crippen molar-refractivity contribution in [2.45, 2.75) is 31.9 Å². The Hall–Kier alpha value is -1.07. The van der Waals surface area contributed by atoms with Gasteiger partial charge in [0.15, 0.2) is 6.10 Å². The first-order valence-corrected chi connectivity index (χ1v) is 5.55. The van der Waals surface area contributed by atoms with E-state index in [-0.39, 0.29) is 18.7 Å². The second kappa shape index (κ2) is 5.86. The maximum Gasteiger partial charge on any atom is 0.410 e. The first-order valence-electron chi connectivity index (χ1n) is 5.55. The van der Waals surface area contributed by atoms with Crippen LogP contribution in [0.1, 0.15) is 19.8 Å². The summed E-state index contributed by atoms with van der Waals surface area (Å²) >= 11 is 0. The molecule has 1 heterocycles. The third kappa shape index (κ3) is 2.74. The molecule has 0 aromatic rings. The van der Waals surface area contributed by atoms with Crippen LogP contribution in [-0.2, 0) is 4.74 Å². The molecule has 92 valence electrons. The van der Waals surface area contributed by atoms with Crippen molar-refractivity contribution in [3.63, 3.8) is 0 Å². The number of nitrogens with zero attached hydrogens (tertiary/aromatic N) is 1. The van der Waals surface area contributed by atoms with Crippen molar-refractivity contribution >= 4 is 6.09 Å². The summed E-state index contributed by atoms with van der Waals surface area (Å²) in [6, 6.07) is -0.213. The molecule has 1 rings (SSSR count). The van der Waals surface area contributed by atoms with Gasteiger partial charge in [0, 0.05) is 6.54 Å². The number of ether oxygens (including phenoxy) is 1. The molecule has 5 nitrogen and oxygen atoms in total. The van der Waals surface area contributed by atoms with E-state index < -0.39 is 6.10 Å². The minimum atomic E-state index is -0.483. The van der Waals surface area contributed by atoms with Crippen LogP contribution in [0.25, 0.3) is 0 Å². The minimum absolute atomic E-state index is 0.170. The molecular weight excluding hydrogens is 208 g/mol. The summed E-state index contributed by atoms with van der Waals surface area (Å²) in [7, 11) is 0. The highest BCUT2D eigenvalue weighted by atomic mass is 16.6. The number of aliphatic hydroxyl groups is 1. The van der Waals surface area contributed by atoms with Crippen LogP contribution < -0.4 is 5.73 Å². The fourth-order valence-corrected chi connectivity index (χ4v) is 1.95. The predicted molar refractivity (Wildman–Crippen MR) is 61.0 cm³/mol. The van der Waals surface area contributed by atoms with Gasteiger partial charge in [-0.25, -0.2) is 4.79 Å². The van der Waals surface area contributed by atoms with E-state index in [0.717, 1.165) is 18.4 Å². The van der Waals surface area contributed by atoms with Crippen molar-refractivity contribution in [2.75, 3.05) is 19.7 Å². The number of nitrogens with two attached hydrogens (primary N) is 1. The highest BCUT2D eigenvalue weighted by Gasteiger charge is 2.41. The van der Waals surface area contributed by atoms with Crippen molar-refractivity contribution in [3.8, 4) is 0 Å². The molecule has 1 aliphatic heterocycles. The molecule has 5 heteroatoms. The predicted octanol–water partition coefficient (Wildman–Crippen LogP) is 0.483. The van der Waals surface area contributed by atoms with Gasteiger partial charge < -0.3 is 15.6 Å². The lowest BCUT2D eigenvalue weighted by Crippen LogP contribution is -2.39. The smallest absolute Gasteiger partial charge is 0.410 e. The van der Waals surface area contributed by atoms with E-state index in [1.54, 1.807) is 4.90 Å². The topological polar surface area (TPSA) is 75.8 Å². The number of unbranched alkanes of at least 4 members (excludes halogenated alkanes) is 1. The maximum absolute atomic E-state index is 11.6. The molecule has 1 aliphatic rings. The summed E-state index contributed by atoms with van der Waals surface area (Å²) < 4.78 is 5.07. The Labute approximate surface area is 95.9 Å². The fraction of sp³-hybridized carbons (Fsp3) is 0.727. The van der Waals surface area contributed by atoms with E-state index in [1.165, 1.54) is 0 Å². The quantitative estimate of drug-likeness (QED) is 0.512. The third-order valence-corrected chi connectivity index (χ3v) is 2.71. The molecule has 16 heavy (non-hydrogen) atoms. The number of amides is 1. The van der Waals surface area contributed by atoms with Gasteiger partial charge >= 0.3 is 6.09 Å². The Morgan fingerprint density at radius 1 is 1.62 bits per heavy atom. The van der Waals surface area contributed by atoms with E-state index in [4.69, 9.17) is 15.6 Å². The Kier molecular flexibility index (Phi) is 4.76. The number of carbonyl (C=O) groups excluding carboxylic acids is 1. The zero-order chi connectivity index (χ0) is 12.1. The van der Waals surface area contributed by atoms with Gasteiger partial charge in [-0.1, -0.05) is 12.2 Å². The molecule has 0 radical (unpaired) electrons. The monoisotopic (exact) mass is 228 g/mol. The third-order valence-electron chi connectivity index (χ3n) is 2.71. The lowest BCUT2D eigenvalue weighted by Gasteiger charge is -2.24. The Balaban J connectivity index is 2.64. The van der Waals surface area contributed by atoms with Crippen LogP contribution in [0.3, 0.4) is 0 Å². The molecule has 0 spiro atoms. The molecule has 1 fully saturated rings. The summed E-state index contributed by atoms with van der Waals surface area (Å²) in [5, 5.41) is 9.13. The van der Waals surface area contributed by atoms with Gasteiger partial charge in [0.05, 0.1) is 12.6 Å². The molecule has 0 aromatic carbocycles. The normalized spacial score (nSPS) is 24.7. The van der Waals surface area contributed by atoms with E-state index in [1.807, 2.05) is 6.92 Å². The summed E-state index contributed by atoms with van der Waals surface area (Å²) in [6.07, 6.45) is 0.858. The van der Waals surface area contributed by atoms with E-state index in [2.05, 4.69) is 6.58 Å². The zero-order valence-corrected chi connectivity index (χ0v) is 9.69. The number of cyclic esters (lactones) is 1. The Morgan fingerprint density at radius 2 is 2.31 bits per heavy atom. The first-order chi connectivity index (χ1) is 7.61. The standard InChI is InChI=1S/C11H20N2O3/c1-8(2)10-9(7-14)16-11(15)13(10)6-4-3-5-12/h9-10,14H,1,3-7,12H2,2H3/t9?,10-/m1/s1. The van der Waals surface area contributed by atoms with Crippen molar-refractivity contribution < 1.29 is 14.6 Å². The van der Waals surface area contributed by atoms with Crippen LogP contribution in [-0.4, -0.2) is 47.9 Å². The van der Waals surface area contributed by atoms with Gasteiger partial charge in [-0.15, -0.1) is 0 Å². The number of hydrogen-bond acceptors (Lipinski definition) is 4. The van der Waals surface area contributed by atoms with E-state index in [9.17, 15) is 4.79 Å². The number of rotatable bonds is 6. The molecule has 0 bridgehead atoms. The Morgan fingerprint density at radius 3 is 2.81 bits per heavy atom. The highest BCUT2D eigenvalue weighted by molar-refractivity contribution is 5.71. The van der Waals surface area contributed by atoms with Gasteiger partial charge in [-0.2, -0.15) is 0 Å². The van der Waals surface area contributed by atoms with Gasteiger partial charge in [-0.3, -0.25) is 4.90 Å². The van der Waals surface area contributed by atoms with Crippen LogP contribution in [0.15, 0.2) is 12.2 Å². The van der Waals surface area contributed by atoms with Gasteiger partial charge in [-0.05, 0) is 26.3 Å². The van der Waals surface area contributed by atoms with Gasteiger partial charge in [0.2, 0.25) is 0 Å². The van der Waals surface area contributed by atoms with Gasteiger partial charge in [0.25, 0.3) is 0 Å². The van der Waals surface area contributed by atoms with Crippen LogP contribution in [0.2, 0.25) is 0 Å². The average molecular weight is 228 g/mol. The van der Waals surface area contributed by atoms with Crippen molar-refractivity contribution in [3.05, 3.63) is 12.2 Å². The molecule has 1 unspecified atom stereocenters. The lowest BCUT2D eigenvalue weighted by atomic mass is 10.0. The molecule has 0 aromatic heterocycles. The van der Waals surface area contributed by atoms with E-state index >= 15 is 0 Å². The highest BCUT2D eigenvalue weighted by Crippen LogP contribution is 2.24. The average Bonchev–Trinajstić information content (AvgIpc) is 2.56. The maximum atomic E-state index is 11.6. The second-order valence-electron chi connectivity index (χ2n) is 4.09. The Bertz CT molecular complexity index is 268. The molecule has 0 aliphatic carbocycles. The molecule has 1 saturated heterocycles. The van der Waals surface area contributed by atoms with Crippen molar-refractivity contribution in [1.29, 1.82) is 0 Å².